The van der Waals surface area contributed by atoms with Crippen molar-refractivity contribution in [3.63, 3.8) is 0 Å². The van der Waals surface area contributed by atoms with E-state index in [-0.39, 0.29) is 11.6 Å². The molecule has 1 fully saturated rings. The molecule has 1 heterocycles. The number of nitriles is 3. The highest BCUT2D eigenvalue weighted by molar-refractivity contribution is 6.00. The highest BCUT2D eigenvalue weighted by Gasteiger charge is 2.57. The summed E-state index contributed by atoms with van der Waals surface area (Å²) >= 11 is 0. The number of likely N-dealkylation sites (N-methyl/N-ethyl adjacent to an activating group) is 1. The molecular formula is C20H18FN5. The minimum absolute atomic E-state index is 0.202. The van der Waals surface area contributed by atoms with Crippen molar-refractivity contribution in [1.29, 1.82) is 21.2 Å². The van der Waals surface area contributed by atoms with Crippen molar-refractivity contribution < 1.29 is 4.39 Å². The van der Waals surface area contributed by atoms with E-state index in [0.717, 1.165) is 12.1 Å². The second-order valence-electron chi connectivity index (χ2n) is 6.70. The molecule has 0 radical (unpaired) electrons. The van der Waals surface area contributed by atoms with Crippen molar-refractivity contribution in [2.24, 2.45) is 17.3 Å². The van der Waals surface area contributed by atoms with E-state index in [0.29, 0.717) is 18.7 Å². The first-order valence-electron chi connectivity index (χ1n) is 8.51. The van der Waals surface area contributed by atoms with Gasteiger partial charge in [0.2, 0.25) is 0 Å². The minimum Gasteiger partial charge on any atom is -0.305 e. The van der Waals surface area contributed by atoms with Crippen molar-refractivity contribution in [3.8, 4) is 18.2 Å². The molecular weight excluding hydrogens is 329 g/mol. The van der Waals surface area contributed by atoms with Gasteiger partial charge in [0, 0.05) is 24.9 Å². The summed E-state index contributed by atoms with van der Waals surface area (Å²) in [7, 11) is 0. The Balaban J connectivity index is 2.26. The molecule has 1 aromatic rings. The van der Waals surface area contributed by atoms with Gasteiger partial charge < -0.3 is 5.41 Å². The van der Waals surface area contributed by atoms with E-state index >= 15 is 0 Å². The number of hydrogen-bond donors (Lipinski definition) is 1. The number of hydrogen-bond acceptors (Lipinski definition) is 5. The predicted octanol–water partition coefficient (Wildman–Crippen LogP) is 2.99. The van der Waals surface area contributed by atoms with E-state index in [1.165, 1.54) is 12.1 Å². The fourth-order valence-corrected chi connectivity index (χ4v) is 4.20. The highest BCUT2D eigenvalue weighted by Crippen LogP contribution is 2.53. The van der Waals surface area contributed by atoms with Gasteiger partial charge in [-0.05, 0) is 29.8 Å². The van der Waals surface area contributed by atoms with Crippen LogP contribution in [0.15, 0.2) is 35.9 Å². The molecule has 1 N–H and O–H groups in total. The van der Waals surface area contributed by atoms with E-state index in [4.69, 9.17) is 5.41 Å². The molecule has 0 bridgehead atoms. The molecule has 5 nitrogen and oxygen atoms in total. The standard InChI is InChI=1S/C20H18FN5/c1-2-26-7-6-15-16(9-22)19(25)20(11-23,12-24)18(17(15)10-26)13-4-3-5-14(21)8-13/h3-6,8,16-18,25H,2,7,10H2,1H3/t16?,17-,18+/m1/s1. The van der Waals surface area contributed by atoms with Crippen LogP contribution >= 0.6 is 0 Å². The van der Waals surface area contributed by atoms with Crippen LogP contribution in [0.2, 0.25) is 0 Å². The summed E-state index contributed by atoms with van der Waals surface area (Å²) in [5, 5.41) is 37.9. The first-order valence-corrected chi connectivity index (χ1v) is 8.51. The van der Waals surface area contributed by atoms with Gasteiger partial charge in [0.1, 0.15) is 11.7 Å². The minimum atomic E-state index is -1.78. The van der Waals surface area contributed by atoms with E-state index in [2.05, 4.69) is 11.0 Å². The summed E-state index contributed by atoms with van der Waals surface area (Å²) in [6.45, 7) is 4.04. The van der Waals surface area contributed by atoms with E-state index in [9.17, 15) is 20.2 Å². The van der Waals surface area contributed by atoms with Gasteiger partial charge in [0.25, 0.3) is 0 Å². The summed E-state index contributed by atoms with van der Waals surface area (Å²) in [6, 6.07) is 12.0. The number of halogens is 1. The van der Waals surface area contributed by atoms with Crippen molar-refractivity contribution in [2.75, 3.05) is 19.6 Å². The van der Waals surface area contributed by atoms with Crippen LogP contribution in [0.4, 0.5) is 4.39 Å². The summed E-state index contributed by atoms with van der Waals surface area (Å²) in [6.07, 6.45) is 1.94. The zero-order valence-electron chi connectivity index (χ0n) is 14.4. The summed E-state index contributed by atoms with van der Waals surface area (Å²) in [5.41, 5.74) is -0.695. The average molecular weight is 347 g/mol. The Morgan fingerprint density at radius 2 is 2.04 bits per heavy atom. The number of nitrogens with one attached hydrogen (secondary N) is 1. The summed E-state index contributed by atoms with van der Waals surface area (Å²) in [5.74, 6) is -2.31. The van der Waals surface area contributed by atoms with Gasteiger partial charge in [-0.3, -0.25) is 4.90 Å². The molecule has 3 atom stereocenters. The fourth-order valence-electron chi connectivity index (χ4n) is 4.20. The maximum atomic E-state index is 13.9. The summed E-state index contributed by atoms with van der Waals surface area (Å²) < 4.78 is 13.9. The quantitative estimate of drug-likeness (QED) is 0.831. The molecule has 0 aromatic heterocycles. The molecule has 1 saturated carbocycles. The Kier molecular flexibility index (Phi) is 4.60. The smallest absolute Gasteiger partial charge is 0.189 e. The Hall–Kier alpha value is -3.01. The van der Waals surface area contributed by atoms with Crippen LogP contribution in [0.5, 0.6) is 0 Å². The van der Waals surface area contributed by atoms with E-state index in [1.54, 1.807) is 12.1 Å². The molecule has 0 amide bonds. The molecule has 26 heavy (non-hydrogen) atoms. The number of rotatable bonds is 2. The van der Waals surface area contributed by atoms with Crippen molar-refractivity contribution in [1.82, 2.24) is 4.90 Å². The largest absolute Gasteiger partial charge is 0.305 e. The van der Waals surface area contributed by atoms with Gasteiger partial charge in [0.05, 0.1) is 23.9 Å². The Labute approximate surface area is 152 Å². The highest BCUT2D eigenvalue weighted by atomic mass is 19.1. The van der Waals surface area contributed by atoms with Crippen molar-refractivity contribution in [3.05, 3.63) is 47.3 Å². The maximum absolute atomic E-state index is 13.9. The van der Waals surface area contributed by atoms with Gasteiger partial charge in [0.15, 0.2) is 5.41 Å². The molecule has 130 valence electrons. The van der Waals surface area contributed by atoms with E-state index < -0.39 is 23.1 Å². The van der Waals surface area contributed by atoms with Crippen LogP contribution < -0.4 is 0 Å². The molecule has 2 aliphatic rings. The molecule has 1 unspecified atom stereocenters. The van der Waals surface area contributed by atoms with Crippen LogP contribution in [0.1, 0.15) is 18.4 Å². The first kappa shape index (κ1) is 17.8. The Bertz CT molecular complexity index is 884. The third-order valence-corrected chi connectivity index (χ3v) is 5.52. The van der Waals surface area contributed by atoms with Crippen LogP contribution in [0.25, 0.3) is 0 Å². The van der Waals surface area contributed by atoms with Gasteiger partial charge in [-0.2, -0.15) is 15.8 Å². The predicted molar refractivity (Wildman–Crippen MR) is 93.3 cm³/mol. The van der Waals surface area contributed by atoms with Crippen molar-refractivity contribution in [2.45, 2.75) is 12.8 Å². The summed E-state index contributed by atoms with van der Waals surface area (Å²) in [4.78, 5) is 2.16. The molecule has 1 aliphatic carbocycles. The molecule has 0 spiro atoms. The zero-order valence-corrected chi connectivity index (χ0v) is 14.4. The lowest BCUT2D eigenvalue weighted by Crippen LogP contribution is -2.52. The second-order valence-corrected chi connectivity index (χ2v) is 6.70. The van der Waals surface area contributed by atoms with Gasteiger partial charge in [-0.15, -0.1) is 0 Å². The maximum Gasteiger partial charge on any atom is 0.189 e. The molecule has 6 heteroatoms. The number of fused-ring (bicyclic) bond motifs is 1. The Morgan fingerprint density at radius 1 is 1.31 bits per heavy atom. The third kappa shape index (κ3) is 2.49. The van der Waals surface area contributed by atoms with Gasteiger partial charge in [-0.1, -0.05) is 25.1 Å². The monoisotopic (exact) mass is 347 g/mol. The Morgan fingerprint density at radius 3 is 2.62 bits per heavy atom. The fraction of sp³-hybridized carbons (Fsp3) is 0.400. The van der Waals surface area contributed by atoms with E-state index in [1.807, 2.05) is 25.1 Å². The average Bonchev–Trinajstić information content (AvgIpc) is 2.66. The lowest BCUT2D eigenvalue weighted by atomic mass is 9.54. The third-order valence-electron chi connectivity index (χ3n) is 5.52. The van der Waals surface area contributed by atoms with Crippen LogP contribution in [0, 0.1) is 62.5 Å². The normalized spacial score (nSPS) is 27.4. The molecule has 1 aromatic carbocycles. The zero-order chi connectivity index (χ0) is 18.9. The van der Waals surface area contributed by atoms with Crippen molar-refractivity contribution >= 4 is 5.71 Å². The lowest BCUT2D eigenvalue weighted by molar-refractivity contribution is 0.211. The van der Waals surface area contributed by atoms with Crippen LogP contribution in [-0.2, 0) is 0 Å². The van der Waals surface area contributed by atoms with Gasteiger partial charge in [-0.25, -0.2) is 4.39 Å². The molecule has 3 rings (SSSR count). The van der Waals surface area contributed by atoms with Gasteiger partial charge >= 0.3 is 0 Å². The SMILES string of the molecule is CCN1CC=C2C(C#N)C(=N)C(C#N)(C#N)[C@@H](c3cccc(F)c3)[C@@H]2C1. The second kappa shape index (κ2) is 6.71. The number of benzene rings is 1. The number of nitrogens with zero attached hydrogens (tertiary/aromatic N) is 4. The topological polar surface area (TPSA) is 98.5 Å². The molecule has 0 saturated heterocycles. The molecule has 1 aliphatic heterocycles. The van der Waals surface area contributed by atoms with Crippen LogP contribution in [0.3, 0.4) is 0 Å². The lowest BCUT2D eigenvalue weighted by Gasteiger charge is -2.47. The first-order chi connectivity index (χ1) is 12.5. The van der Waals surface area contributed by atoms with Crippen LogP contribution in [-0.4, -0.2) is 30.2 Å².